The molecule has 2 heterocycles. The highest BCUT2D eigenvalue weighted by atomic mass is 32.1. The first-order chi connectivity index (χ1) is 24.3. The number of rotatable bonds is 5. The molecule has 2 nitrogen and oxygen atoms in total. The van der Waals surface area contributed by atoms with Crippen molar-refractivity contribution >= 4 is 81.3 Å². The van der Waals surface area contributed by atoms with Gasteiger partial charge in [-0.2, -0.15) is 0 Å². The van der Waals surface area contributed by atoms with Crippen LogP contribution in [0.3, 0.4) is 0 Å². The van der Waals surface area contributed by atoms with Gasteiger partial charge in [-0.25, -0.2) is 0 Å². The van der Waals surface area contributed by atoms with Crippen LogP contribution in [0, 0.1) is 0 Å². The highest BCUT2D eigenvalue weighted by molar-refractivity contribution is 7.26. The van der Waals surface area contributed by atoms with Crippen LogP contribution in [0.25, 0.3) is 75.1 Å². The summed E-state index contributed by atoms with van der Waals surface area (Å²) in [7, 11) is 0. The van der Waals surface area contributed by atoms with Crippen molar-refractivity contribution in [3.8, 4) is 22.3 Å². The predicted octanol–water partition coefficient (Wildman–Crippen LogP) is 13.9. The van der Waals surface area contributed by atoms with E-state index in [1.165, 1.54) is 53.2 Å². The van der Waals surface area contributed by atoms with Gasteiger partial charge in [0.1, 0.15) is 11.2 Å². The average Bonchev–Trinajstić information content (AvgIpc) is 3.75. The van der Waals surface area contributed by atoms with Gasteiger partial charge in [0.2, 0.25) is 0 Å². The molecule has 0 aliphatic heterocycles. The lowest BCUT2D eigenvalue weighted by Gasteiger charge is -2.27. The van der Waals surface area contributed by atoms with E-state index in [1.54, 1.807) is 0 Å². The van der Waals surface area contributed by atoms with E-state index in [2.05, 4.69) is 175 Å². The minimum Gasteiger partial charge on any atom is -0.456 e. The van der Waals surface area contributed by atoms with Crippen LogP contribution in [-0.4, -0.2) is 0 Å². The molecule has 0 aliphatic rings. The molecule has 0 N–H and O–H groups in total. The number of anilines is 3. The Kier molecular flexibility index (Phi) is 6.39. The van der Waals surface area contributed by atoms with Gasteiger partial charge >= 0.3 is 0 Å². The molecule has 8 aromatic carbocycles. The van der Waals surface area contributed by atoms with Crippen molar-refractivity contribution in [1.82, 2.24) is 0 Å². The molecule has 0 atom stereocenters. The molecule has 10 aromatic rings. The molecule has 3 heteroatoms. The van der Waals surface area contributed by atoms with Gasteiger partial charge in [0.15, 0.2) is 0 Å². The summed E-state index contributed by atoms with van der Waals surface area (Å²) in [4.78, 5) is 2.39. The summed E-state index contributed by atoms with van der Waals surface area (Å²) in [5.41, 5.74) is 9.88. The first-order valence-corrected chi connectivity index (χ1v) is 17.4. The number of hydrogen-bond donors (Lipinski definition) is 0. The molecule has 0 amide bonds. The predicted molar refractivity (Wildman–Crippen MR) is 210 cm³/mol. The van der Waals surface area contributed by atoms with Crippen LogP contribution < -0.4 is 4.90 Å². The fourth-order valence-electron chi connectivity index (χ4n) is 7.43. The van der Waals surface area contributed by atoms with Gasteiger partial charge in [-0.3, -0.25) is 0 Å². The van der Waals surface area contributed by atoms with Gasteiger partial charge in [0, 0.05) is 36.9 Å². The van der Waals surface area contributed by atoms with Crippen molar-refractivity contribution < 1.29 is 4.42 Å². The summed E-state index contributed by atoms with van der Waals surface area (Å²) < 4.78 is 9.01. The average molecular weight is 644 g/mol. The minimum absolute atomic E-state index is 0.879. The molecular formula is C46H29NOS. The van der Waals surface area contributed by atoms with E-state index in [0.29, 0.717) is 0 Å². The Labute approximate surface area is 287 Å². The summed E-state index contributed by atoms with van der Waals surface area (Å²) in [5, 5.41) is 7.34. The summed E-state index contributed by atoms with van der Waals surface area (Å²) in [6.45, 7) is 0. The number of hydrogen-bond acceptors (Lipinski definition) is 3. The number of fused-ring (bicyclic) bond motifs is 8. The largest absolute Gasteiger partial charge is 0.456 e. The third-order valence-electron chi connectivity index (χ3n) is 9.67. The lowest BCUT2D eigenvalue weighted by Crippen LogP contribution is -2.10. The van der Waals surface area contributed by atoms with Gasteiger partial charge in [0.05, 0.1) is 11.1 Å². The second-order valence-corrected chi connectivity index (χ2v) is 13.6. The van der Waals surface area contributed by atoms with E-state index in [-0.39, 0.29) is 0 Å². The lowest BCUT2D eigenvalue weighted by atomic mass is 9.94. The monoisotopic (exact) mass is 643 g/mol. The summed E-state index contributed by atoms with van der Waals surface area (Å²) in [6, 6.07) is 63.2. The Morgan fingerprint density at radius 3 is 1.90 bits per heavy atom. The fourth-order valence-corrected chi connectivity index (χ4v) is 8.56. The smallest absolute Gasteiger partial charge is 0.137 e. The van der Waals surface area contributed by atoms with Gasteiger partial charge in [0.25, 0.3) is 0 Å². The molecule has 0 spiro atoms. The minimum atomic E-state index is 0.879. The van der Waals surface area contributed by atoms with Gasteiger partial charge in [-0.1, -0.05) is 121 Å². The van der Waals surface area contributed by atoms with Crippen LogP contribution in [0.4, 0.5) is 17.1 Å². The molecule has 230 valence electrons. The van der Waals surface area contributed by atoms with E-state index in [0.717, 1.165) is 39.0 Å². The van der Waals surface area contributed by atoms with Gasteiger partial charge in [-0.15, -0.1) is 11.3 Å². The van der Waals surface area contributed by atoms with Crippen molar-refractivity contribution in [1.29, 1.82) is 0 Å². The Morgan fingerprint density at radius 2 is 1.06 bits per heavy atom. The van der Waals surface area contributed by atoms with Crippen molar-refractivity contribution in [3.63, 3.8) is 0 Å². The van der Waals surface area contributed by atoms with Crippen molar-refractivity contribution in [3.05, 3.63) is 176 Å². The molecule has 0 saturated carbocycles. The standard InChI is InChI=1S/C46H29NOS/c1-2-11-30(12-3-1)35-13-4-5-14-36(35)31-21-25-33(26-22-31)47(40-17-10-19-42-46(40)37-15-6-8-18-41(37)48-42)34-27-23-32-24-28-44-45(39(32)29-34)38-16-7-9-20-43(38)49-44/h1-29H. The Hall–Kier alpha value is -6.16. The Bertz CT molecular complexity index is 2830. The third kappa shape index (κ3) is 4.55. The summed E-state index contributed by atoms with van der Waals surface area (Å²) in [6.07, 6.45) is 0. The summed E-state index contributed by atoms with van der Waals surface area (Å²) in [5.74, 6) is 0. The first-order valence-electron chi connectivity index (χ1n) is 16.6. The maximum Gasteiger partial charge on any atom is 0.137 e. The van der Waals surface area contributed by atoms with E-state index < -0.39 is 0 Å². The normalized spacial score (nSPS) is 11.7. The Balaban J connectivity index is 1.20. The fraction of sp³-hybridized carbons (Fsp3) is 0. The SMILES string of the molecule is c1ccc(-c2ccccc2-c2ccc(N(c3ccc4ccc5sc6ccccc6c5c4c3)c3cccc4oc5ccccc5c34)cc2)cc1. The van der Waals surface area contributed by atoms with Crippen LogP contribution in [0.2, 0.25) is 0 Å². The third-order valence-corrected chi connectivity index (χ3v) is 10.8. The molecule has 0 radical (unpaired) electrons. The number of benzene rings is 8. The number of para-hydroxylation sites is 1. The van der Waals surface area contributed by atoms with Crippen LogP contribution in [0.1, 0.15) is 0 Å². The van der Waals surface area contributed by atoms with E-state index in [9.17, 15) is 0 Å². The van der Waals surface area contributed by atoms with Crippen LogP contribution >= 0.6 is 11.3 Å². The maximum atomic E-state index is 6.39. The molecule has 0 unspecified atom stereocenters. The van der Waals surface area contributed by atoms with E-state index in [4.69, 9.17) is 4.42 Å². The first kappa shape index (κ1) is 27.9. The Morgan fingerprint density at radius 1 is 0.408 bits per heavy atom. The van der Waals surface area contributed by atoms with Crippen LogP contribution in [0.5, 0.6) is 0 Å². The molecular weight excluding hydrogens is 615 g/mol. The lowest BCUT2D eigenvalue weighted by molar-refractivity contribution is 0.669. The zero-order chi connectivity index (χ0) is 32.3. The number of furan rings is 1. The van der Waals surface area contributed by atoms with Crippen LogP contribution in [0.15, 0.2) is 180 Å². The second kappa shape index (κ2) is 11.2. The highest BCUT2D eigenvalue weighted by Gasteiger charge is 2.21. The van der Waals surface area contributed by atoms with Crippen molar-refractivity contribution in [2.75, 3.05) is 4.90 Å². The topological polar surface area (TPSA) is 16.4 Å². The molecule has 49 heavy (non-hydrogen) atoms. The molecule has 2 aromatic heterocycles. The van der Waals surface area contributed by atoms with Crippen molar-refractivity contribution in [2.45, 2.75) is 0 Å². The molecule has 0 aliphatic carbocycles. The summed E-state index contributed by atoms with van der Waals surface area (Å²) >= 11 is 1.86. The number of thiophene rings is 1. The highest BCUT2D eigenvalue weighted by Crippen LogP contribution is 2.46. The molecule has 10 rings (SSSR count). The zero-order valence-electron chi connectivity index (χ0n) is 26.5. The number of nitrogens with zero attached hydrogens (tertiary/aromatic N) is 1. The van der Waals surface area contributed by atoms with Crippen molar-refractivity contribution in [2.24, 2.45) is 0 Å². The van der Waals surface area contributed by atoms with Gasteiger partial charge in [-0.05, 0) is 87.6 Å². The van der Waals surface area contributed by atoms with E-state index >= 15 is 0 Å². The van der Waals surface area contributed by atoms with Gasteiger partial charge < -0.3 is 9.32 Å². The quantitative estimate of drug-likeness (QED) is 0.186. The maximum absolute atomic E-state index is 6.39. The molecule has 0 fully saturated rings. The second-order valence-electron chi connectivity index (χ2n) is 12.5. The molecule has 0 saturated heterocycles. The van der Waals surface area contributed by atoms with E-state index in [1.807, 2.05) is 17.4 Å². The zero-order valence-corrected chi connectivity index (χ0v) is 27.3. The molecule has 0 bridgehead atoms. The van der Waals surface area contributed by atoms with Crippen LogP contribution in [-0.2, 0) is 0 Å².